The fraction of sp³-hybridized carbons (Fsp3) is 0.500. The number of carbonyl (C=O) groups is 2. The molecule has 124 valence electrons. The lowest BCUT2D eigenvalue weighted by molar-refractivity contribution is -0.131. The number of esters is 1. The maximum atomic E-state index is 12.3. The molecule has 1 aromatic rings. The molecule has 0 unspecified atom stereocenters. The van der Waals surface area contributed by atoms with Gasteiger partial charge in [0.2, 0.25) is 5.91 Å². The molecule has 0 aliphatic rings. The number of halogens is 1. The molecule has 1 amide bonds. The van der Waals surface area contributed by atoms with E-state index in [4.69, 9.17) is 5.73 Å². The highest BCUT2D eigenvalue weighted by atomic mass is 35.5. The third kappa shape index (κ3) is 4.71. The van der Waals surface area contributed by atoms with Crippen LogP contribution in [0.3, 0.4) is 0 Å². The number of methoxy groups -OCH3 is 1. The number of nitrogens with one attached hydrogen (secondary N) is 1. The highest BCUT2D eigenvalue weighted by Gasteiger charge is 2.32. The van der Waals surface area contributed by atoms with Gasteiger partial charge < -0.3 is 15.8 Å². The van der Waals surface area contributed by atoms with Gasteiger partial charge in [-0.3, -0.25) is 4.79 Å². The molecular formula is C16H25ClN2O3. The smallest absolute Gasteiger partial charge is 0.337 e. The van der Waals surface area contributed by atoms with E-state index in [0.717, 1.165) is 5.56 Å². The van der Waals surface area contributed by atoms with Gasteiger partial charge in [0.25, 0.3) is 0 Å². The third-order valence-electron chi connectivity index (χ3n) is 4.03. The zero-order valence-electron chi connectivity index (χ0n) is 13.3. The van der Waals surface area contributed by atoms with Crippen molar-refractivity contribution in [3.8, 4) is 0 Å². The van der Waals surface area contributed by atoms with Crippen LogP contribution in [-0.4, -0.2) is 25.5 Å². The summed E-state index contributed by atoms with van der Waals surface area (Å²) in [4.78, 5) is 23.8. The molecular weight excluding hydrogens is 304 g/mol. The molecule has 1 aromatic carbocycles. The lowest BCUT2D eigenvalue weighted by atomic mass is 9.81. The van der Waals surface area contributed by atoms with Crippen LogP contribution >= 0.6 is 12.4 Å². The van der Waals surface area contributed by atoms with Crippen molar-refractivity contribution < 1.29 is 14.3 Å². The molecule has 5 nitrogen and oxygen atoms in total. The molecule has 6 heteroatoms. The van der Waals surface area contributed by atoms with Crippen molar-refractivity contribution in [3.05, 3.63) is 35.4 Å². The Morgan fingerprint density at radius 1 is 1.27 bits per heavy atom. The minimum Gasteiger partial charge on any atom is -0.465 e. The fourth-order valence-electron chi connectivity index (χ4n) is 2.25. The standard InChI is InChI=1S/C16H24N2O3.ClH/c1-4-16(5-2,11-17)15(20)18-10-12-7-6-8-13(9-12)14(19)21-3;/h6-9H,4-5,10-11,17H2,1-3H3,(H,18,20);1H. The van der Waals surface area contributed by atoms with Crippen molar-refractivity contribution in [1.29, 1.82) is 0 Å². The first kappa shape index (κ1) is 20.4. The number of rotatable bonds is 7. The highest BCUT2D eigenvalue weighted by Crippen LogP contribution is 2.25. The first-order valence-corrected chi connectivity index (χ1v) is 7.18. The SMILES string of the molecule is CCC(CC)(CN)C(=O)NCc1cccc(C(=O)OC)c1.Cl. The third-order valence-corrected chi connectivity index (χ3v) is 4.03. The van der Waals surface area contributed by atoms with Gasteiger partial charge in [-0.15, -0.1) is 12.4 Å². The van der Waals surface area contributed by atoms with Gasteiger partial charge in [0.15, 0.2) is 0 Å². The van der Waals surface area contributed by atoms with Gasteiger partial charge >= 0.3 is 5.97 Å². The van der Waals surface area contributed by atoms with Gasteiger partial charge in [-0.2, -0.15) is 0 Å². The molecule has 0 aliphatic carbocycles. The van der Waals surface area contributed by atoms with Crippen LogP contribution in [0.15, 0.2) is 24.3 Å². The molecule has 0 aliphatic heterocycles. The topological polar surface area (TPSA) is 81.4 Å². The van der Waals surface area contributed by atoms with E-state index < -0.39 is 5.41 Å². The van der Waals surface area contributed by atoms with E-state index in [2.05, 4.69) is 10.1 Å². The molecule has 0 bridgehead atoms. The van der Waals surface area contributed by atoms with Crippen LogP contribution in [0, 0.1) is 5.41 Å². The molecule has 3 N–H and O–H groups in total. The monoisotopic (exact) mass is 328 g/mol. The minimum absolute atomic E-state index is 0. The van der Waals surface area contributed by atoms with Crippen LogP contribution in [0.4, 0.5) is 0 Å². The first-order valence-electron chi connectivity index (χ1n) is 7.18. The van der Waals surface area contributed by atoms with Gasteiger partial charge in [0, 0.05) is 13.1 Å². The first-order chi connectivity index (χ1) is 10.0. The Morgan fingerprint density at radius 3 is 2.41 bits per heavy atom. The average Bonchev–Trinajstić information content (AvgIpc) is 2.54. The minimum atomic E-state index is -0.514. The van der Waals surface area contributed by atoms with Crippen LogP contribution in [0.2, 0.25) is 0 Å². The second-order valence-corrected chi connectivity index (χ2v) is 5.07. The number of hydrogen-bond donors (Lipinski definition) is 2. The van der Waals surface area contributed by atoms with Crippen LogP contribution in [0.5, 0.6) is 0 Å². The van der Waals surface area contributed by atoms with Crippen molar-refractivity contribution in [2.45, 2.75) is 33.2 Å². The summed E-state index contributed by atoms with van der Waals surface area (Å²) in [6.07, 6.45) is 1.40. The summed E-state index contributed by atoms with van der Waals surface area (Å²) in [6.45, 7) is 4.63. The summed E-state index contributed by atoms with van der Waals surface area (Å²) in [7, 11) is 1.34. The number of hydrogen-bond acceptors (Lipinski definition) is 4. The van der Waals surface area contributed by atoms with Gasteiger partial charge in [0.1, 0.15) is 0 Å². The van der Waals surface area contributed by atoms with Crippen LogP contribution in [0.1, 0.15) is 42.6 Å². The maximum absolute atomic E-state index is 12.3. The molecule has 0 saturated carbocycles. The summed E-state index contributed by atoms with van der Waals surface area (Å²) in [6, 6.07) is 7.02. The Morgan fingerprint density at radius 2 is 1.91 bits per heavy atom. The van der Waals surface area contributed by atoms with E-state index in [1.165, 1.54) is 7.11 Å². The van der Waals surface area contributed by atoms with E-state index in [1.54, 1.807) is 18.2 Å². The van der Waals surface area contributed by atoms with Crippen molar-refractivity contribution in [3.63, 3.8) is 0 Å². The summed E-state index contributed by atoms with van der Waals surface area (Å²) >= 11 is 0. The second kappa shape index (κ2) is 9.43. The maximum Gasteiger partial charge on any atom is 0.337 e. The van der Waals surface area contributed by atoms with Crippen LogP contribution in [0.25, 0.3) is 0 Å². The summed E-state index contributed by atoms with van der Waals surface area (Å²) in [5, 5.41) is 2.91. The normalized spacial score (nSPS) is 10.5. The van der Waals surface area contributed by atoms with Gasteiger partial charge in [-0.25, -0.2) is 4.79 Å². The molecule has 0 heterocycles. The number of ether oxygens (including phenoxy) is 1. The van der Waals surface area contributed by atoms with Crippen molar-refractivity contribution >= 4 is 24.3 Å². The van der Waals surface area contributed by atoms with Gasteiger partial charge in [0.05, 0.1) is 18.1 Å². The molecule has 0 aromatic heterocycles. The quantitative estimate of drug-likeness (QED) is 0.752. The van der Waals surface area contributed by atoms with Crippen LogP contribution < -0.4 is 11.1 Å². The van der Waals surface area contributed by atoms with E-state index in [-0.39, 0.29) is 24.3 Å². The van der Waals surface area contributed by atoms with Crippen LogP contribution in [-0.2, 0) is 16.1 Å². The van der Waals surface area contributed by atoms with Crippen molar-refractivity contribution in [1.82, 2.24) is 5.32 Å². The summed E-state index contributed by atoms with van der Waals surface area (Å²) < 4.78 is 4.68. The Bertz CT molecular complexity index is 494. The van der Waals surface area contributed by atoms with E-state index >= 15 is 0 Å². The van der Waals surface area contributed by atoms with E-state index in [9.17, 15) is 9.59 Å². The number of amides is 1. The van der Waals surface area contributed by atoms with Crippen molar-refractivity contribution in [2.24, 2.45) is 11.1 Å². The molecule has 0 atom stereocenters. The fourth-order valence-corrected chi connectivity index (χ4v) is 2.25. The number of benzene rings is 1. The zero-order chi connectivity index (χ0) is 15.9. The molecule has 1 rings (SSSR count). The molecule has 0 saturated heterocycles. The summed E-state index contributed by atoms with van der Waals surface area (Å²) in [5.41, 5.74) is 6.57. The van der Waals surface area contributed by atoms with Gasteiger partial charge in [-0.1, -0.05) is 26.0 Å². The van der Waals surface area contributed by atoms with E-state index in [0.29, 0.717) is 31.5 Å². The lowest BCUT2D eigenvalue weighted by Crippen LogP contribution is -2.45. The molecule has 0 fully saturated rings. The Labute approximate surface area is 138 Å². The highest BCUT2D eigenvalue weighted by molar-refractivity contribution is 5.89. The molecule has 22 heavy (non-hydrogen) atoms. The van der Waals surface area contributed by atoms with E-state index in [1.807, 2.05) is 19.9 Å². The predicted octanol–water partition coefficient (Wildman–Crippen LogP) is 2.28. The Balaban J connectivity index is 0.00000441. The number of carbonyl (C=O) groups excluding carboxylic acids is 2. The zero-order valence-corrected chi connectivity index (χ0v) is 14.2. The Hall–Kier alpha value is -1.59. The largest absolute Gasteiger partial charge is 0.465 e. The second-order valence-electron chi connectivity index (χ2n) is 5.07. The molecule has 0 radical (unpaired) electrons. The number of nitrogens with two attached hydrogens (primary N) is 1. The lowest BCUT2D eigenvalue weighted by Gasteiger charge is -2.28. The predicted molar refractivity (Wildman–Crippen MR) is 88.9 cm³/mol. The average molecular weight is 329 g/mol. The molecule has 0 spiro atoms. The Kier molecular flexibility index (Phi) is 8.75. The van der Waals surface area contributed by atoms with Crippen molar-refractivity contribution in [2.75, 3.05) is 13.7 Å². The van der Waals surface area contributed by atoms with Gasteiger partial charge in [-0.05, 0) is 30.5 Å². The summed E-state index contributed by atoms with van der Waals surface area (Å²) in [5.74, 6) is -0.430.